The largest absolute Gasteiger partial charge is 0.379 e. The van der Waals surface area contributed by atoms with Crippen LogP contribution >= 0.6 is 0 Å². The maximum absolute atomic E-state index is 12.5. The third-order valence-corrected chi connectivity index (χ3v) is 4.93. The maximum Gasteiger partial charge on any atom is 0.339 e. The molecular formula is C19H14N2O6S. The second-order valence-electron chi connectivity index (χ2n) is 5.61. The first-order valence-corrected chi connectivity index (χ1v) is 9.42. The van der Waals surface area contributed by atoms with Crippen molar-refractivity contribution >= 4 is 27.4 Å². The number of carbonyl (C=O) groups is 1. The van der Waals surface area contributed by atoms with Crippen LogP contribution in [-0.2, 0) is 10.1 Å². The van der Waals surface area contributed by atoms with Crippen molar-refractivity contribution in [2.45, 2.75) is 4.90 Å². The molecule has 0 saturated heterocycles. The quantitative estimate of drug-likeness (QED) is 0.385. The van der Waals surface area contributed by atoms with Crippen molar-refractivity contribution in [1.29, 1.82) is 0 Å². The van der Waals surface area contributed by atoms with Gasteiger partial charge in [0.15, 0.2) is 0 Å². The molecule has 8 nitrogen and oxygen atoms in total. The molecule has 0 aromatic heterocycles. The Hall–Kier alpha value is -3.72. The molecule has 1 amide bonds. The molecule has 0 aliphatic carbocycles. The van der Waals surface area contributed by atoms with Gasteiger partial charge < -0.3 is 9.50 Å². The molecule has 142 valence electrons. The number of carbonyl (C=O) groups excluding carboxylic acids is 1. The van der Waals surface area contributed by atoms with E-state index < -0.39 is 20.9 Å². The molecule has 3 aromatic rings. The summed E-state index contributed by atoms with van der Waals surface area (Å²) in [4.78, 5) is 22.7. The average Bonchev–Trinajstić information content (AvgIpc) is 2.69. The molecule has 0 unspecified atom stereocenters. The van der Waals surface area contributed by atoms with Crippen LogP contribution in [0.3, 0.4) is 0 Å². The summed E-state index contributed by atoms with van der Waals surface area (Å²) in [5.74, 6) is -0.552. The van der Waals surface area contributed by atoms with Gasteiger partial charge in [-0.05, 0) is 36.4 Å². The minimum absolute atomic E-state index is 0.00583. The van der Waals surface area contributed by atoms with E-state index in [2.05, 4.69) is 5.32 Å². The molecule has 0 bridgehead atoms. The van der Waals surface area contributed by atoms with Crippen LogP contribution in [0.1, 0.15) is 10.4 Å². The van der Waals surface area contributed by atoms with Crippen LogP contribution in [0.15, 0.2) is 83.8 Å². The monoisotopic (exact) mass is 398 g/mol. The van der Waals surface area contributed by atoms with Gasteiger partial charge in [0, 0.05) is 11.6 Å². The normalized spacial score (nSPS) is 10.9. The molecule has 0 saturated carbocycles. The Labute approximate surface area is 160 Å². The van der Waals surface area contributed by atoms with Gasteiger partial charge in [-0.3, -0.25) is 14.9 Å². The minimum Gasteiger partial charge on any atom is -0.379 e. The van der Waals surface area contributed by atoms with E-state index in [9.17, 15) is 23.3 Å². The fourth-order valence-corrected chi connectivity index (χ4v) is 3.35. The summed E-state index contributed by atoms with van der Waals surface area (Å²) < 4.78 is 29.9. The Morgan fingerprint density at radius 1 is 0.929 bits per heavy atom. The number of nitrogens with one attached hydrogen (secondary N) is 1. The molecule has 0 radical (unpaired) electrons. The Morgan fingerprint density at radius 3 is 2.32 bits per heavy atom. The summed E-state index contributed by atoms with van der Waals surface area (Å²) in [7, 11) is -4.15. The number of nitrogens with zero attached hydrogens (tertiary/aromatic N) is 1. The van der Waals surface area contributed by atoms with E-state index in [1.807, 2.05) is 0 Å². The van der Waals surface area contributed by atoms with E-state index >= 15 is 0 Å². The molecule has 1 N–H and O–H groups in total. The van der Waals surface area contributed by atoms with E-state index in [0.717, 1.165) is 6.07 Å². The number of rotatable bonds is 6. The molecular weight excluding hydrogens is 384 g/mol. The lowest BCUT2D eigenvalue weighted by Crippen LogP contribution is -2.15. The summed E-state index contributed by atoms with van der Waals surface area (Å²) in [5.41, 5.74) is -0.255. The van der Waals surface area contributed by atoms with Crippen molar-refractivity contribution < 1.29 is 22.3 Å². The first kappa shape index (κ1) is 19.1. The van der Waals surface area contributed by atoms with Crippen molar-refractivity contribution in [3.63, 3.8) is 0 Å². The van der Waals surface area contributed by atoms with E-state index in [1.165, 1.54) is 54.6 Å². The standard InChI is InChI=1S/C19H14N2O6S/c22-19(20-17-11-4-5-12-18(17)21(23)24)14-7-6-10-16(13-14)28(25,26)27-15-8-2-1-3-9-15/h1-13H,(H,20,22). The van der Waals surface area contributed by atoms with Crippen LogP contribution in [-0.4, -0.2) is 19.2 Å². The lowest BCUT2D eigenvalue weighted by Gasteiger charge is -2.09. The van der Waals surface area contributed by atoms with Gasteiger partial charge in [-0.25, -0.2) is 0 Å². The molecule has 0 heterocycles. The molecule has 0 spiro atoms. The van der Waals surface area contributed by atoms with E-state index in [4.69, 9.17) is 4.18 Å². The second-order valence-corrected chi connectivity index (χ2v) is 7.15. The average molecular weight is 398 g/mol. The molecule has 0 atom stereocenters. The molecule has 9 heteroatoms. The van der Waals surface area contributed by atoms with Crippen LogP contribution in [0.4, 0.5) is 11.4 Å². The number of benzene rings is 3. The molecule has 3 aromatic carbocycles. The predicted octanol–water partition coefficient (Wildman–Crippen LogP) is 3.61. The van der Waals surface area contributed by atoms with Crippen LogP contribution in [0.5, 0.6) is 5.75 Å². The fourth-order valence-electron chi connectivity index (χ4n) is 2.38. The highest BCUT2D eigenvalue weighted by atomic mass is 32.2. The fraction of sp³-hybridized carbons (Fsp3) is 0. The van der Waals surface area contributed by atoms with Crippen LogP contribution in [0.2, 0.25) is 0 Å². The van der Waals surface area contributed by atoms with Crippen molar-refractivity contribution in [3.8, 4) is 5.75 Å². The highest BCUT2D eigenvalue weighted by Crippen LogP contribution is 2.24. The van der Waals surface area contributed by atoms with Gasteiger partial charge >= 0.3 is 10.1 Å². The van der Waals surface area contributed by atoms with E-state index in [0.29, 0.717) is 0 Å². The van der Waals surface area contributed by atoms with Crippen LogP contribution in [0, 0.1) is 10.1 Å². The zero-order valence-electron chi connectivity index (χ0n) is 14.3. The minimum atomic E-state index is -4.15. The van der Waals surface area contributed by atoms with Gasteiger partial charge in [-0.15, -0.1) is 0 Å². The molecule has 0 aliphatic rings. The molecule has 0 fully saturated rings. The Balaban J connectivity index is 1.85. The van der Waals surface area contributed by atoms with Crippen molar-refractivity contribution in [3.05, 3.63) is 94.5 Å². The highest BCUT2D eigenvalue weighted by Gasteiger charge is 2.20. The zero-order chi connectivity index (χ0) is 20.1. The number of nitro benzene ring substituents is 1. The highest BCUT2D eigenvalue weighted by molar-refractivity contribution is 7.87. The maximum atomic E-state index is 12.5. The molecule has 3 rings (SSSR count). The lowest BCUT2D eigenvalue weighted by atomic mass is 10.2. The Kier molecular flexibility index (Phi) is 5.37. The van der Waals surface area contributed by atoms with E-state index in [1.54, 1.807) is 18.2 Å². The van der Waals surface area contributed by atoms with Gasteiger partial charge in [0.2, 0.25) is 0 Å². The zero-order valence-corrected chi connectivity index (χ0v) is 15.1. The van der Waals surface area contributed by atoms with E-state index in [-0.39, 0.29) is 27.6 Å². The first-order chi connectivity index (χ1) is 13.4. The predicted molar refractivity (Wildman–Crippen MR) is 102 cm³/mol. The van der Waals surface area contributed by atoms with Gasteiger partial charge in [-0.1, -0.05) is 36.4 Å². The van der Waals surface area contributed by atoms with Gasteiger partial charge in [0.1, 0.15) is 16.3 Å². The first-order valence-electron chi connectivity index (χ1n) is 8.01. The van der Waals surface area contributed by atoms with Gasteiger partial charge in [0.25, 0.3) is 11.6 Å². The third kappa shape index (κ3) is 4.33. The number of amides is 1. The van der Waals surface area contributed by atoms with Crippen molar-refractivity contribution in [1.82, 2.24) is 0 Å². The number of anilines is 1. The molecule has 0 aliphatic heterocycles. The van der Waals surface area contributed by atoms with Gasteiger partial charge in [-0.2, -0.15) is 8.42 Å². The number of nitro groups is 1. The van der Waals surface area contributed by atoms with Crippen LogP contribution in [0.25, 0.3) is 0 Å². The summed E-state index contributed by atoms with van der Waals surface area (Å²) >= 11 is 0. The lowest BCUT2D eigenvalue weighted by molar-refractivity contribution is -0.383. The summed E-state index contributed by atoms with van der Waals surface area (Å²) in [5, 5.41) is 13.5. The van der Waals surface area contributed by atoms with Crippen molar-refractivity contribution in [2.24, 2.45) is 0 Å². The SMILES string of the molecule is O=C(Nc1ccccc1[N+](=O)[O-])c1cccc(S(=O)(=O)Oc2ccccc2)c1. The number of para-hydroxylation sites is 3. The van der Waals surface area contributed by atoms with Gasteiger partial charge in [0.05, 0.1) is 4.92 Å². The molecule has 28 heavy (non-hydrogen) atoms. The van der Waals surface area contributed by atoms with Crippen LogP contribution < -0.4 is 9.50 Å². The second kappa shape index (κ2) is 7.89. The summed E-state index contributed by atoms with van der Waals surface area (Å²) in [6.45, 7) is 0. The number of hydrogen-bond donors (Lipinski definition) is 1. The topological polar surface area (TPSA) is 116 Å². The van der Waals surface area contributed by atoms with Crippen molar-refractivity contribution in [2.75, 3.05) is 5.32 Å². The summed E-state index contributed by atoms with van der Waals surface area (Å²) in [6, 6.07) is 18.8. The Bertz CT molecular complexity index is 1130. The number of hydrogen-bond acceptors (Lipinski definition) is 6. The summed E-state index contributed by atoms with van der Waals surface area (Å²) in [6.07, 6.45) is 0. The Morgan fingerprint density at radius 2 is 1.61 bits per heavy atom. The third-order valence-electron chi connectivity index (χ3n) is 3.68. The smallest absolute Gasteiger partial charge is 0.339 e.